The van der Waals surface area contributed by atoms with E-state index in [1.54, 1.807) is 4.57 Å². The second-order valence-electron chi connectivity index (χ2n) is 5.91. The molecule has 120 valence electrons. The zero-order valence-electron chi connectivity index (χ0n) is 13.2. The van der Waals surface area contributed by atoms with Crippen LogP contribution in [0.1, 0.15) is 50.9 Å². The number of aromatic amines is 1. The van der Waals surface area contributed by atoms with E-state index in [9.17, 15) is 9.59 Å². The minimum absolute atomic E-state index is 0.146. The van der Waals surface area contributed by atoms with Crippen LogP contribution in [0.2, 0.25) is 0 Å². The van der Waals surface area contributed by atoms with Gasteiger partial charge in [0.05, 0.1) is 6.54 Å². The van der Waals surface area contributed by atoms with E-state index in [1.165, 1.54) is 11.0 Å². The molecule has 0 atom stereocenters. The van der Waals surface area contributed by atoms with Gasteiger partial charge in [0.1, 0.15) is 11.3 Å². The molecule has 0 aliphatic heterocycles. The fourth-order valence-electron chi connectivity index (χ4n) is 3.38. The lowest BCUT2D eigenvalue weighted by atomic mass is 9.95. The Balaban J connectivity index is 2.27. The van der Waals surface area contributed by atoms with Gasteiger partial charge in [-0.05, 0) is 26.8 Å². The smallest absolute Gasteiger partial charge is 0.332 e. The van der Waals surface area contributed by atoms with Crippen LogP contribution in [0.5, 0.6) is 0 Å². The van der Waals surface area contributed by atoms with Crippen molar-refractivity contribution >= 4 is 11.2 Å². The Morgan fingerprint density at radius 1 is 1.27 bits per heavy atom. The van der Waals surface area contributed by atoms with Crippen LogP contribution in [0.3, 0.4) is 0 Å². The molecule has 0 unspecified atom stereocenters. The molecule has 0 radical (unpaired) electrons. The Morgan fingerprint density at radius 2 is 2.00 bits per heavy atom. The molecule has 22 heavy (non-hydrogen) atoms. The number of imidazole rings is 1. The zero-order chi connectivity index (χ0) is 15.7. The molecule has 0 amide bonds. The first kappa shape index (κ1) is 15.0. The number of hydrogen-bond acceptors (Lipinski definition) is 4. The highest BCUT2D eigenvalue weighted by Gasteiger charge is 2.23. The van der Waals surface area contributed by atoms with E-state index < -0.39 is 0 Å². The highest BCUT2D eigenvalue weighted by Crippen LogP contribution is 2.28. The third kappa shape index (κ3) is 2.39. The molecule has 1 aliphatic rings. The van der Waals surface area contributed by atoms with Crippen molar-refractivity contribution in [3.63, 3.8) is 0 Å². The van der Waals surface area contributed by atoms with Crippen LogP contribution in [-0.2, 0) is 13.1 Å². The quantitative estimate of drug-likeness (QED) is 0.887. The normalized spacial score (nSPS) is 16.5. The lowest BCUT2D eigenvalue weighted by Gasteiger charge is -2.24. The van der Waals surface area contributed by atoms with Gasteiger partial charge in [0, 0.05) is 12.6 Å². The molecule has 2 heterocycles. The first-order valence-electron chi connectivity index (χ1n) is 8.06. The fourth-order valence-corrected chi connectivity index (χ4v) is 3.38. The molecule has 2 aromatic heterocycles. The van der Waals surface area contributed by atoms with Crippen molar-refractivity contribution in [3.05, 3.63) is 26.7 Å². The average molecular weight is 305 g/mol. The maximum Gasteiger partial charge on any atom is 0.332 e. The van der Waals surface area contributed by atoms with Crippen LogP contribution in [0.4, 0.5) is 0 Å². The fraction of sp³-hybridized carbons (Fsp3) is 0.667. The molecule has 0 bridgehead atoms. The van der Waals surface area contributed by atoms with Crippen molar-refractivity contribution in [1.29, 1.82) is 0 Å². The Labute approximate surface area is 128 Å². The molecule has 1 fully saturated rings. The monoisotopic (exact) mass is 305 g/mol. The number of H-pyrrole nitrogens is 1. The van der Waals surface area contributed by atoms with Crippen LogP contribution in [0, 0.1) is 0 Å². The molecule has 1 aliphatic carbocycles. The summed E-state index contributed by atoms with van der Waals surface area (Å²) in [5.41, 5.74) is 0.452. The van der Waals surface area contributed by atoms with Gasteiger partial charge >= 0.3 is 5.69 Å². The highest BCUT2D eigenvalue weighted by molar-refractivity contribution is 5.70. The third-order valence-electron chi connectivity index (χ3n) is 4.46. The van der Waals surface area contributed by atoms with Gasteiger partial charge in [-0.15, -0.1) is 0 Å². The summed E-state index contributed by atoms with van der Waals surface area (Å²) in [7, 11) is 1.83. The van der Waals surface area contributed by atoms with Crippen LogP contribution < -0.4 is 16.6 Å². The summed E-state index contributed by atoms with van der Waals surface area (Å²) in [5.74, 6) is 0.687. The minimum atomic E-state index is -0.274. The highest BCUT2D eigenvalue weighted by atomic mass is 16.2. The summed E-state index contributed by atoms with van der Waals surface area (Å²) in [6, 6.07) is 0.146. The van der Waals surface area contributed by atoms with Gasteiger partial charge in [-0.2, -0.15) is 0 Å². The van der Waals surface area contributed by atoms with E-state index in [0.29, 0.717) is 30.1 Å². The molecule has 1 saturated carbocycles. The Bertz CT molecular complexity index is 780. The lowest BCUT2D eigenvalue weighted by Crippen LogP contribution is -2.41. The van der Waals surface area contributed by atoms with Crippen molar-refractivity contribution in [2.75, 3.05) is 7.05 Å². The number of aromatic nitrogens is 4. The van der Waals surface area contributed by atoms with Gasteiger partial charge in [0.15, 0.2) is 5.65 Å². The van der Waals surface area contributed by atoms with E-state index in [-0.39, 0.29) is 17.3 Å². The SMILES string of the molecule is CCn1c(=O)c2[nH]c(CNC)nc2n(C2CCCCC2)c1=O. The number of nitrogens with one attached hydrogen (secondary N) is 2. The number of fused-ring (bicyclic) bond motifs is 1. The third-order valence-corrected chi connectivity index (χ3v) is 4.46. The van der Waals surface area contributed by atoms with Crippen LogP contribution in [-0.4, -0.2) is 26.1 Å². The van der Waals surface area contributed by atoms with Gasteiger partial charge in [-0.1, -0.05) is 19.3 Å². The van der Waals surface area contributed by atoms with Gasteiger partial charge in [0.25, 0.3) is 5.56 Å². The molecule has 0 aromatic carbocycles. The summed E-state index contributed by atoms with van der Waals surface area (Å²) >= 11 is 0. The topological polar surface area (TPSA) is 84.7 Å². The van der Waals surface area contributed by atoms with Gasteiger partial charge in [0.2, 0.25) is 0 Å². The standard InChI is InChI=1S/C15H23N5O2/c1-3-19-14(21)12-13(18-11(17-12)9-16-2)20(15(19)22)10-7-5-4-6-8-10/h10,16H,3-9H2,1-2H3,(H,17,18). The molecular formula is C15H23N5O2. The molecule has 2 aromatic rings. The Kier molecular flexibility index (Phi) is 4.15. The molecule has 7 nitrogen and oxygen atoms in total. The van der Waals surface area contributed by atoms with Gasteiger partial charge in [-0.3, -0.25) is 13.9 Å². The average Bonchev–Trinajstić information content (AvgIpc) is 2.93. The van der Waals surface area contributed by atoms with E-state index >= 15 is 0 Å². The first-order chi connectivity index (χ1) is 10.7. The van der Waals surface area contributed by atoms with E-state index in [1.807, 2.05) is 14.0 Å². The van der Waals surface area contributed by atoms with Crippen molar-refractivity contribution < 1.29 is 0 Å². The van der Waals surface area contributed by atoms with Crippen molar-refractivity contribution in [3.8, 4) is 0 Å². The summed E-state index contributed by atoms with van der Waals surface area (Å²) in [6.45, 7) is 2.74. The van der Waals surface area contributed by atoms with Crippen LogP contribution in [0.25, 0.3) is 11.2 Å². The van der Waals surface area contributed by atoms with Gasteiger partial charge in [-0.25, -0.2) is 9.78 Å². The zero-order valence-corrected chi connectivity index (χ0v) is 13.2. The summed E-state index contributed by atoms with van der Waals surface area (Å²) in [4.78, 5) is 32.8. The van der Waals surface area contributed by atoms with E-state index in [4.69, 9.17) is 0 Å². The number of rotatable bonds is 4. The molecule has 2 N–H and O–H groups in total. The minimum Gasteiger partial charge on any atom is -0.335 e. The van der Waals surface area contributed by atoms with Gasteiger partial charge < -0.3 is 10.3 Å². The molecule has 0 saturated heterocycles. The van der Waals surface area contributed by atoms with Crippen molar-refractivity contribution in [2.24, 2.45) is 0 Å². The molecule has 0 spiro atoms. The van der Waals surface area contributed by atoms with Crippen molar-refractivity contribution in [2.45, 2.75) is 58.2 Å². The number of hydrogen-bond donors (Lipinski definition) is 2. The largest absolute Gasteiger partial charge is 0.335 e. The maximum absolute atomic E-state index is 12.8. The summed E-state index contributed by atoms with van der Waals surface area (Å²) in [5, 5.41) is 3.02. The summed E-state index contributed by atoms with van der Waals surface area (Å²) < 4.78 is 3.05. The van der Waals surface area contributed by atoms with Crippen molar-refractivity contribution in [1.82, 2.24) is 24.4 Å². The molecule has 7 heteroatoms. The van der Waals surface area contributed by atoms with E-state index in [0.717, 1.165) is 25.7 Å². The van der Waals surface area contributed by atoms with E-state index in [2.05, 4.69) is 15.3 Å². The molecular weight excluding hydrogens is 282 g/mol. The van der Waals surface area contributed by atoms with Crippen LogP contribution in [0.15, 0.2) is 9.59 Å². The predicted octanol–water partition coefficient (Wildman–Crippen LogP) is 1.13. The Hall–Kier alpha value is -1.89. The Morgan fingerprint density at radius 3 is 2.64 bits per heavy atom. The first-order valence-corrected chi connectivity index (χ1v) is 8.06. The maximum atomic E-state index is 12.8. The lowest BCUT2D eigenvalue weighted by molar-refractivity contribution is 0.343. The summed E-state index contributed by atoms with van der Waals surface area (Å²) in [6.07, 6.45) is 5.42. The second kappa shape index (κ2) is 6.08. The number of nitrogens with zero attached hydrogens (tertiary/aromatic N) is 3. The molecule has 3 rings (SSSR count). The second-order valence-corrected chi connectivity index (χ2v) is 5.91. The predicted molar refractivity (Wildman–Crippen MR) is 85.2 cm³/mol. The van der Waals surface area contributed by atoms with Crippen LogP contribution >= 0.6 is 0 Å².